The maximum atomic E-state index is 14.8. The van der Waals surface area contributed by atoms with Gasteiger partial charge in [-0.05, 0) is 69.0 Å². The average molecular weight is 474 g/mol. The van der Waals surface area contributed by atoms with E-state index < -0.39 is 11.7 Å². The molecule has 0 radical (unpaired) electrons. The number of hydrogen-bond donors (Lipinski definition) is 0. The molecule has 2 aromatic carbocycles. The second kappa shape index (κ2) is 8.98. The number of carbonyl (C=O) groups excluding carboxylic acids is 2. The van der Waals surface area contributed by atoms with Crippen molar-refractivity contribution in [2.45, 2.75) is 71.6 Å². The average Bonchev–Trinajstić information content (AvgIpc) is 3.23. The third kappa shape index (κ3) is 5.01. The van der Waals surface area contributed by atoms with Crippen LogP contribution >= 0.6 is 11.6 Å². The summed E-state index contributed by atoms with van der Waals surface area (Å²) in [6, 6.07) is 8.30. The molecular weight excluding hydrogens is 445 g/mol. The predicted octanol–water partition coefficient (Wildman–Crippen LogP) is 5.49. The summed E-state index contributed by atoms with van der Waals surface area (Å²) in [4.78, 5) is 26.1. The van der Waals surface area contributed by atoms with E-state index in [0.29, 0.717) is 29.8 Å². The highest BCUT2D eigenvalue weighted by molar-refractivity contribution is 6.30. The lowest BCUT2D eigenvalue weighted by Crippen LogP contribution is -2.40. The van der Waals surface area contributed by atoms with Crippen LogP contribution in [0.3, 0.4) is 0 Å². The van der Waals surface area contributed by atoms with Gasteiger partial charge in [0.25, 0.3) is 0 Å². The van der Waals surface area contributed by atoms with Gasteiger partial charge in [0.1, 0.15) is 18.0 Å². The number of fused-ring (bicyclic) bond motifs is 1. The fourth-order valence-electron chi connectivity index (χ4n) is 4.64. The Bertz CT molecular complexity index is 1100. The van der Waals surface area contributed by atoms with Gasteiger partial charge in [-0.3, -0.25) is 14.5 Å². The maximum Gasteiger partial charge on any atom is 0.232 e. The minimum atomic E-state index is -0.502. The molecule has 33 heavy (non-hydrogen) atoms. The number of benzene rings is 2. The second-order valence-electron chi connectivity index (χ2n) is 9.74. The third-order valence-electron chi connectivity index (χ3n) is 6.27. The highest BCUT2D eigenvalue weighted by Crippen LogP contribution is 2.40. The molecular formula is C26H29ClFNO4. The van der Waals surface area contributed by atoms with Gasteiger partial charge in [-0.2, -0.15) is 0 Å². The van der Waals surface area contributed by atoms with E-state index in [9.17, 15) is 14.0 Å². The minimum absolute atomic E-state index is 0.0811. The fraction of sp³-hybridized carbons (Fsp3) is 0.462. The minimum Gasteiger partial charge on any atom is -0.487 e. The number of nitrogens with zero attached hydrogens (tertiary/aromatic N) is 1. The van der Waals surface area contributed by atoms with E-state index in [1.807, 2.05) is 26.8 Å². The van der Waals surface area contributed by atoms with Crippen LogP contribution in [0.5, 0.6) is 11.5 Å². The number of halogens is 2. The van der Waals surface area contributed by atoms with Crippen LogP contribution < -0.4 is 9.47 Å². The topological polar surface area (TPSA) is 55.8 Å². The van der Waals surface area contributed by atoms with Gasteiger partial charge in [0.2, 0.25) is 11.8 Å². The van der Waals surface area contributed by atoms with Gasteiger partial charge < -0.3 is 9.47 Å². The Hall–Kier alpha value is -2.60. The summed E-state index contributed by atoms with van der Waals surface area (Å²) in [6.45, 7) is 7.79. The lowest BCUT2D eigenvalue weighted by atomic mass is 9.99. The summed E-state index contributed by atoms with van der Waals surface area (Å²) in [5.41, 5.74) is 2.15. The first-order chi connectivity index (χ1) is 15.5. The van der Waals surface area contributed by atoms with Crippen LogP contribution in [0, 0.1) is 11.7 Å². The summed E-state index contributed by atoms with van der Waals surface area (Å²) in [5.74, 6) is -0.392. The number of ether oxygens (including phenoxy) is 2. The molecule has 0 N–H and O–H groups in total. The van der Waals surface area contributed by atoms with Gasteiger partial charge in [0, 0.05) is 35.4 Å². The smallest absolute Gasteiger partial charge is 0.232 e. The summed E-state index contributed by atoms with van der Waals surface area (Å²) in [6.07, 6.45) is 2.18. The number of imide groups is 1. The molecule has 0 aliphatic carbocycles. The van der Waals surface area contributed by atoms with Crippen molar-refractivity contribution >= 4 is 23.4 Å². The zero-order valence-corrected chi connectivity index (χ0v) is 20.2. The van der Waals surface area contributed by atoms with Gasteiger partial charge in [0.05, 0.1) is 0 Å². The van der Waals surface area contributed by atoms with Crippen molar-refractivity contribution in [1.29, 1.82) is 0 Å². The summed E-state index contributed by atoms with van der Waals surface area (Å²) >= 11 is 6.26. The van der Waals surface area contributed by atoms with Gasteiger partial charge in [-0.1, -0.05) is 24.6 Å². The molecule has 4 rings (SSSR count). The van der Waals surface area contributed by atoms with Crippen LogP contribution in [-0.2, 0) is 29.0 Å². The van der Waals surface area contributed by atoms with E-state index in [4.69, 9.17) is 21.1 Å². The molecule has 0 spiro atoms. The number of likely N-dealkylation sites (tertiary alicyclic amines) is 1. The van der Waals surface area contributed by atoms with Crippen LogP contribution in [0.1, 0.15) is 57.2 Å². The Morgan fingerprint density at radius 1 is 1.33 bits per heavy atom. The van der Waals surface area contributed by atoms with Crippen molar-refractivity contribution in [3.8, 4) is 11.5 Å². The quantitative estimate of drug-likeness (QED) is 0.556. The number of carbonyl (C=O) groups is 2. The van der Waals surface area contributed by atoms with Crippen LogP contribution in [0.15, 0.2) is 30.3 Å². The van der Waals surface area contributed by atoms with E-state index in [1.165, 1.54) is 11.0 Å². The zero-order valence-electron chi connectivity index (χ0n) is 19.4. The Morgan fingerprint density at radius 2 is 2.09 bits per heavy atom. The lowest BCUT2D eigenvalue weighted by Gasteiger charge is -2.23. The summed E-state index contributed by atoms with van der Waals surface area (Å²) < 4.78 is 26.6. The lowest BCUT2D eigenvalue weighted by molar-refractivity contribution is -0.146. The van der Waals surface area contributed by atoms with Crippen molar-refractivity contribution in [2.75, 3.05) is 0 Å². The van der Waals surface area contributed by atoms with Crippen molar-refractivity contribution in [3.05, 3.63) is 57.9 Å². The number of rotatable bonds is 6. The third-order valence-corrected chi connectivity index (χ3v) is 6.49. The van der Waals surface area contributed by atoms with E-state index in [2.05, 4.69) is 0 Å². The Kier molecular flexibility index (Phi) is 6.41. The Morgan fingerprint density at radius 3 is 2.76 bits per heavy atom. The summed E-state index contributed by atoms with van der Waals surface area (Å²) in [7, 11) is 0. The molecule has 2 aromatic rings. The maximum absolute atomic E-state index is 14.8. The standard InChI is InChI=1S/C26H29ClFNO4/c1-15(25(31)29-16(2)5-8-23(29)30)9-17-6-7-22(21(28)10-17)32-14-19-12-20(27)11-18-13-26(3,4)33-24(18)19/h6-7,10-12,15-16H,5,8-9,13-14H2,1-4H3/t15-,16+/m0/s1. The van der Waals surface area contributed by atoms with E-state index >= 15 is 0 Å². The molecule has 0 aromatic heterocycles. The molecule has 2 amide bonds. The molecule has 2 heterocycles. The van der Waals surface area contributed by atoms with Gasteiger partial charge >= 0.3 is 0 Å². The molecule has 1 fully saturated rings. The molecule has 2 aliphatic heterocycles. The first-order valence-electron chi connectivity index (χ1n) is 11.3. The first kappa shape index (κ1) is 23.6. The van der Waals surface area contributed by atoms with Crippen LogP contribution in [0.25, 0.3) is 0 Å². The van der Waals surface area contributed by atoms with E-state index in [0.717, 1.165) is 23.3 Å². The second-order valence-corrected chi connectivity index (χ2v) is 10.2. The van der Waals surface area contributed by atoms with Crippen LogP contribution in [0.2, 0.25) is 5.02 Å². The summed E-state index contributed by atoms with van der Waals surface area (Å²) in [5, 5.41) is 0.592. The van der Waals surface area contributed by atoms with Crippen LogP contribution in [-0.4, -0.2) is 28.4 Å². The molecule has 5 nitrogen and oxygen atoms in total. The fourth-order valence-corrected chi connectivity index (χ4v) is 4.91. The van der Waals surface area contributed by atoms with Gasteiger partial charge in [-0.15, -0.1) is 0 Å². The van der Waals surface area contributed by atoms with Crippen molar-refractivity contribution < 1.29 is 23.5 Å². The van der Waals surface area contributed by atoms with Crippen LogP contribution in [0.4, 0.5) is 4.39 Å². The van der Waals surface area contributed by atoms with Gasteiger partial charge in [0.15, 0.2) is 11.6 Å². The number of hydrogen-bond acceptors (Lipinski definition) is 4. The Balaban J connectivity index is 1.42. The first-order valence-corrected chi connectivity index (χ1v) is 11.7. The molecule has 7 heteroatoms. The van der Waals surface area contributed by atoms with Crippen molar-refractivity contribution in [3.63, 3.8) is 0 Å². The molecule has 1 saturated heterocycles. The van der Waals surface area contributed by atoms with Crippen molar-refractivity contribution in [2.24, 2.45) is 5.92 Å². The molecule has 0 unspecified atom stereocenters. The largest absolute Gasteiger partial charge is 0.487 e. The highest BCUT2D eigenvalue weighted by atomic mass is 35.5. The van der Waals surface area contributed by atoms with Crippen molar-refractivity contribution in [1.82, 2.24) is 4.90 Å². The molecule has 176 valence electrons. The SMILES string of the molecule is C[C@@H]1CCC(=O)N1C(=O)[C@@H](C)Cc1ccc(OCc2cc(Cl)cc3c2OC(C)(C)C3)c(F)c1. The molecule has 0 bridgehead atoms. The van der Waals surface area contributed by atoms with Gasteiger partial charge in [-0.25, -0.2) is 4.39 Å². The normalized spacial score (nSPS) is 19.9. The molecule has 2 atom stereocenters. The van der Waals surface area contributed by atoms with E-state index in [1.54, 1.807) is 25.1 Å². The molecule has 0 saturated carbocycles. The predicted molar refractivity (Wildman–Crippen MR) is 124 cm³/mol. The zero-order chi connectivity index (χ0) is 23.9. The number of amides is 2. The monoisotopic (exact) mass is 473 g/mol. The van der Waals surface area contributed by atoms with E-state index in [-0.39, 0.29) is 35.8 Å². The highest BCUT2D eigenvalue weighted by Gasteiger charge is 2.35. The molecule has 2 aliphatic rings. The Labute approximate surface area is 198 Å².